The van der Waals surface area contributed by atoms with Crippen molar-refractivity contribution in [2.75, 3.05) is 26.2 Å². The summed E-state index contributed by atoms with van der Waals surface area (Å²) in [5.74, 6) is -0.217. The van der Waals surface area contributed by atoms with Crippen LogP contribution < -0.4 is 10.5 Å². The van der Waals surface area contributed by atoms with Crippen LogP contribution >= 0.6 is 0 Å². The quantitative estimate of drug-likeness (QED) is 0.619. The van der Waals surface area contributed by atoms with Crippen molar-refractivity contribution in [1.82, 2.24) is 9.62 Å². The van der Waals surface area contributed by atoms with E-state index in [1.165, 1.54) is 0 Å². The van der Waals surface area contributed by atoms with Gasteiger partial charge in [-0.3, -0.25) is 4.79 Å². The standard InChI is InChI=1S/C10H23N3O3S/c1-4-9(7-11)17(15,16)12-8-10(14)13(5-2)6-3/h9,12H,4-8,11H2,1-3H3. The van der Waals surface area contributed by atoms with Gasteiger partial charge in [-0.05, 0) is 20.3 Å². The molecule has 0 saturated carbocycles. The van der Waals surface area contributed by atoms with E-state index in [2.05, 4.69) is 4.72 Å². The molecule has 1 atom stereocenters. The molecular formula is C10H23N3O3S. The summed E-state index contributed by atoms with van der Waals surface area (Å²) in [4.78, 5) is 13.2. The highest BCUT2D eigenvalue weighted by molar-refractivity contribution is 7.90. The number of nitrogens with two attached hydrogens (primary N) is 1. The van der Waals surface area contributed by atoms with Gasteiger partial charge in [-0.25, -0.2) is 13.1 Å². The molecule has 102 valence electrons. The van der Waals surface area contributed by atoms with E-state index in [1.54, 1.807) is 11.8 Å². The van der Waals surface area contributed by atoms with E-state index >= 15 is 0 Å². The van der Waals surface area contributed by atoms with Crippen molar-refractivity contribution in [3.05, 3.63) is 0 Å². The fraction of sp³-hybridized carbons (Fsp3) is 0.900. The summed E-state index contributed by atoms with van der Waals surface area (Å²) in [5.41, 5.74) is 5.37. The first-order chi connectivity index (χ1) is 7.92. The molecule has 0 radical (unpaired) electrons. The zero-order valence-corrected chi connectivity index (χ0v) is 11.6. The zero-order valence-electron chi connectivity index (χ0n) is 10.8. The van der Waals surface area contributed by atoms with E-state index in [0.29, 0.717) is 19.5 Å². The fourth-order valence-corrected chi connectivity index (χ4v) is 2.73. The molecule has 0 aromatic carbocycles. The molecule has 7 heteroatoms. The van der Waals surface area contributed by atoms with Crippen molar-refractivity contribution in [3.8, 4) is 0 Å². The van der Waals surface area contributed by atoms with Gasteiger partial charge in [-0.1, -0.05) is 6.92 Å². The van der Waals surface area contributed by atoms with Crippen LogP contribution in [-0.2, 0) is 14.8 Å². The summed E-state index contributed by atoms with van der Waals surface area (Å²) in [6, 6.07) is 0. The number of carbonyl (C=O) groups excluding carboxylic acids is 1. The molecule has 0 aliphatic carbocycles. The van der Waals surface area contributed by atoms with Gasteiger partial charge in [0.25, 0.3) is 0 Å². The first-order valence-corrected chi connectivity index (χ1v) is 7.43. The summed E-state index contributed by atoms with van der Waals surface area (Å²) < 4.78 is 25.8. The van der Waals surface area contributed by atoms with Gasteiger partial charge in [0.15, 0.2) is 0 Å². The molecule has 1 unspecified atom stereocenters. The Bertz CT molecular complexity index is 322. The molecule has 0 rings (SSSR count). The Kier molecular flexibility index (Phi) is 7.33. The highest BCUT2D eigenvalue weighted by atomic mass is 32.2. The molecule has 6 nitrogen and oxygen atoms in total. The van der Waals surface area contributed by atoms with Gasteiger partial charge in [-0.15, -0.1) is 0 Å². The molecule has 0 heterocycles. The number of rotatable bonds is 8. The van der Waals surface area contributed by atoms with E-state index < -0.39 is 15.3 Å². The lowest BCUT2D eigenvalue weighted by molar-refractivity contribution is -0.129. The average molecular weight is 265 g/mol. The molecule has 0 bridgehead atoms. The van der Waals surface area contributed by atoms with Crippen LogP contribution in [0, 0.1) is 0 Å². The van der Waals surface area contributed by atoms with Crippen molar-refractivity contribution in [1.29, 1.82) is 0 Å². The van der Waals surface area contributed by atoms with Crippen LogP contribution in [0.5, 0.6) is 0 Å². The van der Waals surface area contributed by atoms with Crippen LogP contribution in [0.3, 0.4) is 0 Å². The zero-order chi connectivity index (χ0) is 13.5. The molecule has 1 amide bonds. The Labute approximate surface area is 104 Å². The van der Waals surface area contributed by atoms with Gasteiger partial charge in [-0.2, -0.15) is 0 Å². The van der Waals surface area contributed by atoms with Crippen LogP contribution in [0.25, 0.3) is 0 Å². The predicted octanol–water partition coefficient (Wildman–Crippen LogP) is -0.488. The maximum Gasteiger partial charge on any atom is 0.237 e. The SMILES string of the molecule is CCC(CN)S(=O)(=O)NCC(=O)N(CC)CC. The second kappa shape index (κ2) is 7.62. The molecule has 0 aliphatic rings. The largest absolute Gasteiger partial charge is 0.342 e. The lowest BCUT2D eigenvalue weighted by Crippen LogP contribution is -2.44. The lowest BCUT2D eigenvalue weighted by atomic mass is 10.3. The maximum absolute atomic E-state index is 11.7. The minimum atomic E-state index is -3.49. The molecule has 0 aromatic rings. The number of nitrogens with zero attached hydrogens (tertiary/aromatic N) is 1. The van der Waals surface area contributed by atoms with Gasteiger partial charge in [0, 0.05) is 19.6 Å². The monoisotopic (exact) mass is 265 g/mol. The number of hydrogen-bond acceptors (Lipinski definition) is 4. The molecule has 0 aliphatic heterocycles. The molecule has 0 spiro atoms. The minimum absolute atomic E-state index is 0.0608. The summed E-state index contributed by atoms with van der Waals surface area (Å²) >= 11 is 0. The van der Waals surface area contributed by atoms with Gasteiger partial charge in [0.05, 0.1) is 11.8 Å². The van der Waals surface area contributed by atoms with E-state index in [0.717, 1.165) is 0 Å². The Morgan fingerprint density at radius 2 is 1.82 bits per heavy atom. The van der Waals surface area contributed by atoms with Gasteiger partial charge in [0.1, 0.15) is 0 Å². The smallest absolute Gasteiger partial charge is 0.237 e. The Balaban J connectivity index is 4.41. The summed E-state index contributed by atoms with van der Waals surface area (Å²) in [7, 11) is -3.49. The van der Waals surface area contributed by atoms with E-state index in [9.17, 15) is 13.2 Å². The normalized spacial score (nSPS) is 13.4. The van der Waals surface area contributed by atoms with Crippen molar-refractivity contribution in [3.63, 3.8) is 0 Å². The Hall–Kier alpha value is -0.660. The lowest BCUT2D eigenvalue weighted by Gasteiger charge is -2.20. The van der Waals surface area contributed by atoms with Crippen LogP contribution in [0.2, 0.25) is 0 Å². The molecule has 0 saturated heterocycles. The second-order valence-corrected chi connectivity index (χ2v) is 5.74. The third-order valence-electron chi connectivity index (χ3n) is 2.70. The molecule has 0 aromatic heterocycles. The number of hydrogen-bond donors (Lipinski definition) is 2. The summed E-state index contributed by atoms with van der Waals surface area (Å²) in [6.07, 6.45) is 0.436. The van der Waals surface area contributed by atoms with Crippen molar-refractivity contribution in [2.24, 2.45) is 5.73 Å². The number of sulfonamides is 1. The number of amides is 1. The molecule has 3 N–H and O–H groups in total. The van der Waals surface area contributed by atoms with Crippen LogP contribution in [-0.4, -0.2) is 50.7 Å². The van der Waals surface area contributed by atoms with Gasteiger partial charge in [0.2, 0.25) is 15.9 Å². The fourth-order valence-electron chi connectivity index (χ4n) is 1.48. The molecule has 0 fully saturated rings. The third kappa shape index (κ3) is 5.01. The summed E-state index contributed by atoms with van der Waals surface area (Å²) in [6.45, 7) is 6.47. The van der Waals surface area contributed by atoms with Gasteiger partial charge >= 0.3 is 0 Å². The Morgan fingerprint density at radius 1 is 1.29 bits per heavy atom. The molecular weight excluding hydrogens is 242 g/mol. The highest BCUT2D eigenvalue weighted by Gasteiger charge is 2.23. The third-order valence-corrected chi connectivity index (χ3v) is 4.65. The first kappa shape index (κ1) is 16.3. The topological polar surface area (TPSA) is 92.5 Å². The van der Waals surface area contributed by atoms with Crippen molar-refractivity contribution < 1.29 is 13.2 Å². The predicted molar refractivity (Wildman–Crippen MR) is 68.0 cm³/mol. The van der Waals surface area contributed by atoms with E-state index in [4.69, 9.17) is 5.73 Å². The Morgan fingerprint density at radius 3 is 2.18 bits per heavy atom. The van der Waals surface area contributed by atoms with Crippen LogP contribution in [0.4, 0.5) is 0 Å². The first-order valence-electron chi connectivity index (χ1n) is 5.89. The number of likely N-dealkylation sites (N-methyl/N-ethyl adjacent to an activating group) is 1. The average Bonchev–Trinajstić information content (AvgIpc) is 2.29. The summed E-state index contributed by atoms with van der Waals surface area (Å²) in [5, 5.41) is -0.632. The maximum atomic E-state index is 11.7. The van der Waals surface area contributed by atoms with Crippen LogP contribution in [0.1, 0.15) is 27.2 Å². The van der Waals surface area contributed by atoms with E-state index in [-0.39, 0.29) is 19.0 Å². The van der Waals surface area contributed by atoms with Crippen molar-refractivity contribution in [2.45, 2.75) is 32.4 Å². The number of nitrogens with one attached hydrogen (secondary N) is 1. The van der Waals surface area contributed by atoms with E-state index in [1.807, 2.05) is 13.8 Å². The number of carbonyl (C=O) groups is 1. The van der Waals surface area contributed by atoms with Crippen LogP contribution in [0.15, 0.2) is 0 Å². The molecule has 17 heavy (non-hydrogen) atoms. The minimum Gasteiger partial charge on any atom is -0.342 e. The van der Waals surface area contributed by atoms with Crippen molar-refractivity contribution >= 4 is 15.9 Å². The highest BCUT2D eigenvalue weighted by Crippen LogP contribution is 2.02. The van der Waals surface area contributed by atoms with Gasteiger partial charge < -0.3 is 10.6 Å². The second-order valence-electron chi connectivity index (χ2n) is 3.70.